The van der Waals surface area contributed by atoms with E-state index in [4.69, 9.17) is 15.2 Å². The van der Waals surface area contributed by atoms with Crippen LogP contribution in [0, 0.1) is 0 Å². The Bertz CT molecular complexity index is 1570. The molecule has 14 heteroatoms. The van der Waals surface area contributed by atoms with E-state index in [-0.39, 0.29) is 16.5 Å². The molecule has 0 aliphatic heterocycles. The van der Waals surface area contributed by atoms with Crippen molar-refractivity contribution in [2.45, 2.75) is 6.18 Å². The van der Waals surface area contributed by atoms with Crippen LogP contribution in [-0.4, -0.2) is 48.0 Å². The lowest BCUT2D eigenvalue weighted by molar-refractivity contribution is -0.199. The van der Waals surface area contributed by atoms with Gasteiger partial charge in [-0.15, -0.1) is 0 Å². The van der Waals surface area contributed by atoms with Crippen LogP contribution in [0.15, 0.2) is 60.9 Å². The standard InChI is InChI=1S/C25H20F3N5O6/c1-37-18-8-7-15(11-19(18)38-2)32-24(36)31-14-5-3-13(4-6-14)20-16-9-10-30-12-17(16)33(21(20)22(29)34)39-23(35)25(26,27)28/h3-12H,1-2H3,(H2,29,34)(H2,31,32,36). The quantitative estimate of drug-likeness (QED) is 0.320. The van der Waals surface area contributed by atoms with Gasteiger partial charge in [-0.3, -0.25) is 9.78 Å². The highest BCUT2D eigenvalue weighted by Crippen LogP contribution is 2.35. The van der Waals surface area contributed by atoms with E-state index in [1.165, 1.54) is 50.7 Å². The minimum atomic E-state index is -5.32. The van der Waals surface area contributed by atoms with Crippen LogP contribution in [0.3, 0.4) is 0 Å². The number of nitrogens with two attached hydrogens (primary N) is 1. The van der Waals surface area contributed by atoms with E-state index >= 15 is 0 Å². The van der Waals surface area contributed by atoms with Gasteiger partial charge >= 0.3 is 18.2 Å². The number of ether oxygens (including phenoxy) is 2. The predicted octanol–water partition coefficient (Wildman–Crippen LogP) is 3.98. The molecule has 4 aromatic rings. The zero-order chi connectivity index (χ0) is 28.3. The summed E-state index contributed by atoms with van der Waals surface area (Å²) in [6.45, 7) is 0. The average molecular weight is 543 g/mol. The highest BCUT2D eigenvalue weighted by molar-refractivity contribution is 6.10. The van der Waals surface area contributed by atoms with Gasteiger partial charge in [0.05, 0.1) is 20.4 Å². The van der Waals surface area contributed by atoms with Crippen molar-refractivity contribution in [3.63, 3.8) is 0 Å². The van der Waals surface area contributed by atoms with Gasteiger partial charge in [0.1, 0.15) is 5.52 Å². The van der Waals surface area contributed by atoms with E-state index < -0.39 is 29.8 Å². The molecule has 0 saturated heterocycles. The second-order valence-corrected chi connectivity index (χ2v) is 7.88. The number of urea groups is 1. The smallest absolute Gasteiger partial charge is 0.493 e. The van der Waals surface area contributed by atoms with Gasteiger partial charge in [-0.25, -0.2) is 9.59 Å². The molecule has 0 aliphatic carbocycles. The van der Waals surface area contributed by atoms with Crippen molar-refractivity contribution < 1.29 is 41.9 Å². The summed E-state index contributed by atoms with van der Waals surface area (Å²) in [6, 6.07) is 11.7. The summed E-state index contributed by atoms with van der Waals surface area (Å²) in [5.74, 6) is -2.79. The molecule has 0 aliphatic rings. The van der Waals surface area contributed by atoms with Crippen LogP contribution in [0.4, 0.5) is 29.3 Å². The number of halogens is 3. The number of amides is 3. The first-order valence-electron chi connectivity index (χ1n) is 11.0. The minimum Gasteiger partial charge on any atom is -0.493 e. The lowest BCUT2D eigenvalue weighted by Crippen LogP contribution is -2.35. The number of primary amides is 1. The normalized spacial score (nSPS) is 11.1. The van der Waals surface area contributed by atoms with Crippen molar-refractivity contribution in [1.82, 2.24) is 9.71 Å². The van der Waals surface area contributed by atoms with Crippen LogP contribution in [0.1, 0.15) is 10.5 Å². The maximum absolute atomic E-state index is 12.9. The number of nitrogens with zero attached hydrogens (tertiary/aromatic N) is 2. The number of nitrogens with one attached hydrogen (secondary N) is 2. The molecule has 2 aromatic carbocycles. The van der Waals surface area contributed by atoms with Crippen molar-refractivity contribution in [2.24, 2.45) is 5.73 Å². The first-order chi connectivity index (χ1) is 18.5. The number of carbonyl (C=O) groups is 3. The molecular formula is C25H20F3N5O6. The fourth-order valence-electron chi connectivity index (χ4n) is 3.78. The Morgan fingerprint density at radius 2 is 1.56 bits per heavy atom. The number of fused-ring (bicyclic) bond motifs is 1. The Morgan fingerprint density at radius 3 is 2.18 bits per heavy atom. The average Bonchev–Trinajstić information content (AvgIpc) is 3.22. The number of benzene rings is 2. The van der Waals surface area contributed by atoms with Crippen molar-refractivity contribution in [3.8, 4) is 22.6 Å². The lowest BCUT2D eigenvalue weighted by atomic mass is 10.0. The molecular weight excluding hydrogens is 523 g/mol. The summed E-state index contributed by atoms with van der Waals surface area (Å²) in [6.07, 6.45) is -2.84. The molecule has 0 bridgehead atoms. The van der Waals surface area contributed by atoms with Crippen LogP contribution in [0.25, 0.3) is 22.0 Å². The molecule has 2 heterocycles. The highest BCUT2D eigenvalue weighted by Gasteiger charge is 2.43. The number of carbonyl (C=O) groups excluding carboxylic acids is 3. The first-order valence-corrected chi connectivity index (χ1v) is 11.0. The maximum Gasteiger partial charge on any atom is 0.493 e. The minimum absolute atomic E-state index is 0.0876. The highest BCUT2D eigenvalue weighted by atomic mass is 19.4. The SMILES string of the molecule is COc1ccc(NC(=O)Nc2ccc(-c3c(C(N)=O)n(OC(=O)C(F)(F)F)c4cnccc34)cc2)cc1OC. The molecule has 0 saturated carbocycles. The van der Waals surface area contributed by atoms with Crippen LogP contribution < -0.4 is 30.7 Å². The zero-order valence-corrected chi connectivity index (χ0v) is 20.3. The largest absolute Gasteiger partial charge is 0.493 e. The van der Waals surface area contributed by atoms with Gasteiger partial charge < -0.3 is 30.7 Å². The number of hydrogen-bond donors (Lipinski definition) is 3. The molecule has 39 heavy (non-hydrogen) atoms. The number of rotatable bonds is 7. The summed E-state index contributed by atoms with van der Waals surface area (Å²) in [4.78, 5) is 44.7. The first kappa shape index (κ1) is 26.8. The van der Waals surface area contributed by atoms with Crippen LogP contribution >= 0.6 is 0 Å². The Balaban J connectivity index is 1.63. The van der Waals surface area contributed by atoms with Gasteiger partial charge in [0.15, 0.2) is 17.2 Å². The van der Waals surface area contributed by atoms with Crippen molar-refractivity contribution >= 4 is 40.2 Å². The van der Waals surface area contributed by atoms with E-state index in [1.807, 2.05) is 0 Å². The Hall–Kier alpha value is -5.27. The van der Waals surface area contributed by atoms with Gasteiger partial charge in [0.25, 0.3) is 5.91 Å². The molecule has 4 N–H and O–H groups in total. The van der Waals surface area contributed by atoms with Crippen molar-refractivity contribution in [1.29, 1.82) is 0 Å². The predicted molar refractivity (Wildman–Crippen MR) is 134 cm³/mol. The number of pyridine rings is 1. The molecule has 202 valence electrons. The summed E-state index contributed by atoms with van der Waals surface area (Å²) in [5.41, 5.74) is 6.12. The third kappa shape index (κ3) is 5.53. The molecule has 3 amide bonds. The van der Waals surface area contributed by atoms with Gasteiger partial charge in [-0.1, -0.05) is 12.1 Å². The van der Waals surface area contributed by atoms with Crippen LogP contribution in [-0.2, 0) is 4.79 Å². The second kappa shape index (κ2) is 10.6. The zero-order valence-electron chi connectivity index (χ0n) is 20.3. The Kier molecular flexibility index (Phi) is 7.29. The molecule has 0 spiro atoms. The van der Waals surface area contributed by atoms with E-state index in [0.717, 1.165) is 6.20 Å². The molecule has 0 fully saturated rings. The van der Waals surface area contributed by atoms with Crippen LogP contribution in [0.2, 0.25) is 0 Å². The number of hydrogen-bond acceptors (Lipinski definition) is 7. The van der Waals surface area contributed by atoms with Crippen molar-refractivity contribution in [2.75, 3.05) is 24.9 Å². The molecule has 0 unspecified atom stereocenters. The summed E-state index contributed by atoms with van der Waals surface area (Å²) < 4.78 is 49.4. The fraction of sp³-hybridized carbons (Fsp3) is 0.120. The molecule has 0 atom stereocenters. The third-order valence-corrected chi connectivity index (χ3v) is 5.44. The topological polar surface area (TPSA) is 147 Å². The summed E-state index contributed by atoms with van der Waals surface area (Å²) >= 11 is 0. The van der Waals surface area contributed by atoms with E-state index in [9.17, 15) is 27.6 Å². The monoisotopic (exact) mass is 543 g/mol. The van der Waals surface area contributed by atoms with E-state index in [2.05, 4.69) is 20.5 Å². The Morgan fingerprint density at radius 1 is 0.923 bits per heavy atom. The fourth-order valence-corrected chi connectivity index (χ4v) is 3.78. The second-order valence-electron chi connectivity index (χ2n) is 7.88. The maximum atomic E-state index is 12.9. The number of anilines is 2. The number of methoxy groups -OCH3 is 2. The van der Waals surface area contributed by atoms with Gasteiger partial charge in [-0.05, 0) is 35.9 Å². The molecule has 2 aromatic heterocycles. The number of alkyl halides is 3. The third-order valence-electron chi connectivity index (χ3n) is 5.44. The molecule has 11 nitrogen and oxygen atoms in total. The van der Waals surface area contributed by atoms with E-state index in [1.54, 1.807) is 18.2 Å². The Labute approximate surface area is 218 Å². The van der Waals surface area contributed by atoms with Crippen LogP contribution in [0.5, 0.6) is 11.5 Å². The van der Waals surface area contributed by atoms with Gasteiger partial charge in [0.2, 0.25) is 0 Å². The molecule has 0 radical (unpaired) electrons. The summed E-state index contributed by atoms with van der Waals surface area (Å²) in [7, 11) is 2.94. The van der Waals surface area contributed by atoms with Crippen molar-refractivity contribution in [3.05, 3.63) is 66.6 Å². The lowest BCUT2D eigenvalue weighted by Gasteiger charge is -2.12. The molecule has 4 rings (SSSR count). The number of aromatic nitrogens is 2. The van der Waals surface area contributed by atoms with E-state index in [0.29, 0.717) is 33.2 Å². The van der Waals surface area contributed by atoms with Gasteiger partial charge in [-0.2, -0.15) is 17.9 Å². The summed E-state index contributed by atoms with van der Waals surface area (Å²) in [5, 5.41) is 5.53. The van der Waals surface area contributed by atoms with Gasteiger partial charge in [0, 0.05) is 34.6 Å².